The number of rotatable bonds is 4. The number of hydrazone groups is 1. The molecule has 1 saturated heterocycles. The molecule has 27 heavy (non-hydrogen) atoms. The Kier molecular flexibility index (Phi) is 6.98. The monoisotopic (exact) mass is 378 g/mol. The summed E-state index contributed by atoms with van der Waals surface area (Å²) in [7, 11) is 1.41. The highest BCUT2D eigenvalue weighted by molar-refractivity contribution is 6.35. The molecule has 3 amide bonds. The van der Waals surface area contributed by atoms with E-state index in [1.807, 2.05) is 0 Å². The van der Waals surface area contributed by atoms with Crippen molar-refractivity contribution in [1.82, 2.24) is 15.2 Å². The van der Waals surface area contributed by atoms with E-state index in [0.717, 1.165) is 0 Å². The van der Waals surface area contributed by atoms with Gasteiger partial charge in [-0.1, -0.05) is 0 Å². The Morgan fingerprint density at radius 2 is 1.89 bits per heavy atom. The molecule has 0 bridgehead atoms. The highest BCUT2D eigenvalue weighted by Gasteiger charge is 2.28. The van der Waals surface area contributed by atoms with E-state index in [1.165, 1.54) is 35.3 Å². The van der Waals surface area contributed by atoms with E-state index in [2.05, 4.69) is 10.5 Å². The van der Waals surface area contributed by atoms with Gasteiger partial charge in [0.25, 0.3) is 0 Å². The molecule has 1 aromatic carbocycles. The maximum atomic E-state index is 12.1. The lowest BCUT2D eigenvalue weighted by atomic mass is 10.2. The van der Waals surface area contributed by atoms with Gasteiger partial charge in [0.05, 0.1) is 19.9 Å². The number of methoxy groups -OCH3 is 1. The molecular weight excluding hydrogens is 356 g/mol. The van der Waals surface area contributed by atoms with Crippen LogP contribution in [0, 0.1) is 0 Å². The molecule has 1 aromatic rings. The van der Waals surface area contributed by atoms with E-state index >= 15 is 0 Å². The van der Waals surface area contributed by atoms with Gasteiger partial charge >= 0.3 is 17.9 Å². The van der Waals surface area contributed by atoms with Crippen molar-refractivity contribution in [2.45, 2.75) is 6.92 Å². The Morgan fingerprint density at radius 1 is 1.22 bits per heavy atom. The van der Waals surface area contributed by atoms with Gasteiger partial charge in [-0.25, -0.2) is 10.2 Å². The number of hydrogen-bond donors (Lipinski definition) is 2. The number of aromatic hydroxyl groups is 1. The van der Waals surface area contributed by atoms with Gasteiger partial charge in [-0.05, 0) is 30.7 Å². The molecule has 0 spiro atoms. The van der Waals surface area contributed by atoms with Crippen LogP contribution in [0.25, 0.3) is 0 Å². The summed E-state index contributed by atoms with van der Waals surface area (Å²) in [4.78, 5) is 38.5. The molecule has 0 aromatic heterocycles. The first-order valence-corrected chi connectivity index (χ1v) is 8.37. The van der Waals surface area contributed by atoms with Crippen molar-refractivity contribution in [2.75, 3.05) is 39.9 Å². The normalized spacial score (nSPS) is 14.1. The molecule has 1 fully saturated rings. The van der Waals surface area contributed by atoms with Crippen molar-refractivity contribution in [2.24, 2.45) is 5.10 Å². The van der Waals surface area contributed by atoms with Crippen LogP contribution in [0.2, 0.25) is 0 Å². The fourth-order valence-corrected chi connectivity index (χ4v) is 2.44. The van der Waals surface area contributed by atoms with Gasteiger partial charge in [0.15, 0.2) is 11.5 Å². The second-order valence-corrected chi connectivity index (χ2v) is 5.61. The zero-order valence-corrected chi connectivity index (χ0v) is 15.2. The second kappa shape index (κ2) is 9.41. The van der Waals surface area contributed by atoms with Gasteiger partial charge in [-0.15, -0.1) is 0 Å². The molecule has 0 radical (unpaired) electrons. The zero-order valence-electron chi connectivity index (χ0n) is 15.2. The molecule has 0 atom stereocenters. The summed E-state index contributed by atoms with van der Waals surface area (Å²) in [6, 6.07) is 4.53. The van der Waals surface area contributed by atoms with Gasteiger partial charge in [0.1, 0.15) is 0 Å². The lowest BCUT2D eigenvalue weighted by molar-refractivity contribution is -0.146. The van der Waals surface area contributed by atoms with Gasteiger partial charge < -0.3 is 24.4 Å². The first-order chi connectivity index (χ1) is 13.0. The number of ether oxygens (including phenoxy) is 2. The largest absolute Gasteiger partial charge is 0.504 e. The molecule has 1 heterocycles. The number of carbonyl (C=O) groups excluding carboxylic acids is 3. The van der Waals surface area contributed by atoms with Crippen molar-refractivity contribution in [1.29, 1.82) is 0 Å². The van der Waals surface area contributed by atoms with E-state index in [4.69, 9.17) is 9.47 Å². The smallest absolute Gasteiger partial charge is 0.409 e. The number of carbonyl (C=O) groups is 3. The summed E-state index contributed by atoms with van der Waals surface area (Å²) in [5.74, 6) is -1.35. The average molecular weight is 378 g/mol. The predicted molar refractivity (Wildman–Crippen MR) is 95.6 cm³/mol. The van der Waals surface area contributed by atoms with Gasteiger partial charge in [-0.2, -0.15) is 5.10 Å². The van der Waals surface area contributed by atoms with E-state index in [0.29, 0.717) is 18.7 Å². The van der Waals surface area contributed by atoms with E-state index in [1.54, 1.807) is 13.0 Å². The summed E-state index contributed by atoms with van der Waals surface area (Å²) in [6.07, 6.45) is 0.897. The van der Waals surface area contributed by atoms with Crippen molar-refractivity contribution >= 4 is 24.1 Å². The zero-order chi connectivity index (χ0) is 19.8. The van der Waals surface area contributed by atoms with Crippen molar-refractivity contribution in [3.05, 3.63) is 23.8 Å². The summed E-state index contributed by atoms with van der Waals surface area (Å²) >= 11 is 0. The second-order valence-electron chi connectivity index (χ2n) is 5.61. The number of nitrogens with zero attached hydrogens (tertiary/aromatic N) is 3. The van der Waals surface area contributed by atoms with E-state index < -0.39 is 17.9 Å². The maximum Gasteiger partial charge on any atom is 0.409 e. The third-order valence-corrected chi connectivity index (χ3v) is 3.87. The number of benzene rings is 1. The third kappa shape index (κ3) is 5.33. The average Bonchev–Trinajstić information content (AvgIpc) is 2.68. The predicted octanol–water partition coefficient (Wildman–Crippen LogP) is 0.152. The van der Waals surface area contributed by atoms with E-state index in [-0.39, 0.29) is 31.2 Å². The molecule has 2 N–H and O–H groups in total. The summed E-state index contributed by atoms with van der Waals surface area (Å²) in [5, 5.41) is 13.3. The minimum atomic E-state index is -0.874. The molecule has 0 aliphatic carbocycles. The van der Waals surface area contributed by atoms with Crippen LogP contribution in [0.3, 0.4) is 0 Å². The minimum absolute atomic E-state index is 0.0178. The Balaban J connectivity index is 1.84. The molecule has 0 unspecified atom stereocenters. The number of phenolic OH excluding ortho intramolecular Hbond substituents is 1. The Bertz CT molecular complexity index is 728. The Hall–Kier alpha value is -3.30. The summed E-state index contributed by atoms with van der Waals surface area (Å²) in [5.41, 5.74) is 2.74. The van der Waals surface area contributed by atoms with Crippen molar-refractivity contribution < 1.29 is 29.0 Å². The number of piperazine rings is 1. The van der Waals surface area contributed by atoms with Crippen molar-refractivity contribution in [3.8, 4) is 11.5 Å². The number of nitrogens with one attached hydrogen (secondary N) is 1. The standard InChI is InChI=1S/C17H22N4O6/c1-3-27-17(25)21-8-6-20(7-9-21)16(24)15(23)19-18-11-12-4-5-13(22)14(10-12)26-2/h4-5,10-11,22H,3,6-9H2,1-2H3,(H,19,23)/b18-11+. The molecular formula is C17H22N4O6. The molecule has 10 nitrogen and oxygen atoms in total. The maximum absolute atomic E-state index is 12.1. The third-order valence-electron chi connectivity index (χ3n) is 3.87. The van der Waals surface area contributed by atoms with Crippen LogP contribution < -0.4 is 10.2 Å². The van der Waals surface area contributed by atoms with Crippen LogP contribution in [0.5, 0.6) is 11.5 Å². The molecule has 0 saturated carbocycles. The number of hydrogen-bond acceptors (Lipinski definition) is 7. The van der Waals surface area contributed by atoms with Crippen LogP contribution in [-0.2, 0) is 14.3 Å². The van der Waals surface area contributed by atoms with Gasteiger partial charge in [0.2, 0.25) is 0 Å². The van der Waals surface area contributed by atoms with Crippen LogP contribution in [0.15, 0.2) is 23.3 Å². The van der Waals surface area contributed by atoms with Crippen LogP contribution in [0.1, 0.15) is 12.5 Å². The molecule has 1 aliphatic rings. The van der Waals surface area contributed by atoms with Crippen molar-refractivity contribution in [3.63, 3.8) is 0 Å². The topological polar surface area (TPSA) is 121 Å². The minimum Gasteiger partial charge on any atom is -0.504 e. The van der Waals surface area contributed by atoms with Crippen LogP contribution in [0.4, 0.5) is 4.79 Å². The highest BCUT2D eigenvalue weighted by atomic mass is 16.6. The summed E-state index contributed by atoms with van der Waals surface area (Å²) in [6.45, 7) is 3.08. The number of amides is 3. The SMILES string of the molecule is CCOC(=O)N1CCN(C(=O)C(=O)N/N=C/c2ccc(O)c(OC)c2)CC1. The number of phenols is 1. The first kappa shape index (κ1) is 20.0. The molecule has 1 aliphatic heterocycles. The molecule has 2 rings (SSSR count). The lowest BCUT2D eigenvalue weighted by Gasteiger charge is -2.33. The molecule has 10 heteroatoms. The first-order valence-electron chi connectivity index (χ1n) is 8.37. The van der Waals surface area contributed by atoms with E-state index in [9.17, 15) is 19.5 Å². The van der Waals surface area contributed by atoms with Gasteiger partial charge in [0, 0.05) is 26.2 Å². The Labute approximate surface area is 156 Å². The van der Waals surface area contributed by atoms with Crippen LogP contribution in [-0.4, -0.2) is 78.9 Å². The fraction of sp³-hybridized carbons (Fsp3) is 0.412. The van der Waals surface area contributed by atoms with Crippen LogP contribution >= 0.6 is 0 Å². The highest BCUT2D eigenvalue weighted by Crippen LogP contribution is 2.25. The fourth-order valence-electron chi connectivity index (χ4n) is 2.44. The summed E-state index contributed by atoms with van der Waals surface area (Å²) < 4.78 is 9.88. The molecule has 146 valence electrons. The quantitative estimate of drug-likeness (QED) is 0.437. The Morgan fingerprint density at radius 3 is 2.52 bits per heavy atom. The van der Waals surface area contributed by atoms with Gasteiger partial charge in [-0.3, -0.25) is 9.59 Å². The lowest BCUT2D eigenvalue weighted by Crippen LogP contribution is -2.53.